The maximum atomic E-state index is 3.99. The molecule has 1 unspecified atom stereocenters. The van der Waals surface area contributed by atoms with Crippen molar-refractivity contribution in [1.82, 2.24) is 10.2 Å². The Morgan fingerprint density at radius 3 is 3.08 bits per heavy atom. The molecule has 0 saturated heterocycles. The van der Waals surface area contributed by atoms with Crippen LogP contribution in [0.25, 0.3) is 0 Å². The van der Waals surface area contributed by atoms with E-state index in [2.05, 4.69) is 22.4 Å². The van der Waals surface area contributed by atoms with Gasteiger partial charge in [-0.15, -0.1) is 10.2 Å². The van der Waals surface area contributed by atoms with Crippen LogP contribution in [0.1, 0.15) is 32.6 Å². The molecule has 72 valence electrons. The van der Waals surface area contributed by atoms with Crippen molar-refractivity contribution in [3.05, 3.63) is 5.51 Å². The third kappa shape index (κ3) is 2.66. The Balaban J connectivity index is 1.82. The average Bonchev–Trinajstić information content (AvgIpc) is 2.80. The van der Waals surface area contributed by atoms with E-state index in [0.717, 1.165) is 11.0 Å². The summed E-state index contributed by atoms with van der Waals surface area (Å²) >= 11 is 1.58. The third-order valence-corrected chi connectivity index (χ3v) is 3.12. The molecule has 1 atom stereocenters. The number of anilines is 1. The van der Waals surface area contributed by atoms with E-state index >= 15 is 0 Å². The van der Waals surface area contributed by atoms with Gasteiger partial charge in [0.15, 0.2) is 0 Å². The molecular formula is C9H15N3S. The third-order valence-electron chi connectivity index (χ3n) is 2.50. The van der Waals surface area contributed by atoms with Crippen molar-refractivity contribution < 1.29 is 0 Å². The van der Waals surface area contributed by atoms with Crippen molar-refractivity contribution in [1.29, 1.82) is 0 Å². The van der Waals surface area contributed by atoms with Crippen molar-refractivity contribution >= 4 is 16.5 Å². The van der Waals surface area contributed by atoms with E-state index in [4.69, 9.17) is 0 Å². The highest BCUT2D eigenvalue weighted by Gasteiger charge is 2.24. The number of aromatic nitrogens is 2. The number of hydrogen-bond acceptors (Lipinski definition) is 4. The second-order valence-corrected chi connectivity index (χ2v) is 4.51. The maximum Gasteiger partial charge on any atom is 0.205 e. The first kappa shape index (κ1) is 8.94. The summed E-state index contributed by atoms with van der Waals surface area (Å²) in [6.45, 7) is 2.22. The Morgan fingerprint density at radius 1 is 1.69 bits per heavy atom. The van der Waals surface area contributed by atoms with Gasteiger partial charge in [-0.25, -0.2) is 0 Å². The van der Waals surface area contributed by atoms with E-state index in [-0.39, 0.29) is 0 Å². The van der Waals surface area contributed by atoms with Gasteiger partial charge in [0.1, 0.15) is 5.51 Å². The van der Waals surface area contributed by atoms with Gasteiger partial charge in [0, 0.05) is 6.04 Å². The topological polar surface area (TPSA) is 37.8 Å². The lowest BCUT2D eigenvalue weighted by Gasteiger charge is -2.14. The van der Waals surface area contributed by atoms with E-state index < -0.39 is 0 Å². The second kappa shape index (κ2) is 4.05. The first-order valence-corrected chi connectivity index (χ1v) is 5.79. The van der Waals surface area contributed by atoms with Crippen LogP contribution in [0, 0.1) is 5.92 Å². The van der Waals surface area contributed by atoms with Gasteiger partial charge in [0.05, 0.1) is 0 Å². The Morgan fingerprint density at radius 2 is 2.54 bits per heavy atom. The molecule has 1 aromatic rings. The van der Waals surface area contributed by atoms with Gasteiger partial charge in [-0.05, 0) is 18.8 Å². The summed E-state index contributed by atoms with van der Waals surface area (Å²) in [4.78, 5) is 0. The fourth-order valence-electron chi connectivity index (χ4n) is 1.49. The van der Waals surface area contributed by atoms with Crippen LogP contribution in [-0.2, 0) is 0 Å². The number of rotatable bonds is 5. The van der Waals surface area contributed by atoms with Gasteiger partial charge in [-0.3, -0.25) is 0 Å². The molecule has 0 radical (unpaired) electrons. The Kier molecular flexibility index (Phi) is 2.78. The molecule has 0 amide bonds. The first-order valence-electron chi connectivity index (χ1n) is 4.91. The second-order valence-electron chi connectivity index (χ2n) is 3.67. The normalized spacial score (nSPS) is 18.5. The molecule has 1 aliphatic rings. The van der Waals surface area contributed by atoms with Crippen LogP contribution in [0.5, 0.6) is 0 Å². The minimum Gasteiger partial charge on any atom is -0.357 e. The zero-order valence-electron chi connectivity index (χ0n) is 7.86. The highest BCUT2D eigenvalue weighted by Crippen LogP contribution is 2.34. The molecule has 1 aliphatic carbocycles. The quantitative estimate of drug-likeness (QED) is 0.788. The monoisotopic (exact) mass is 197 g/mol. The van der Waals surface area contributed by atoms with Crippen LogP contribution in [0.15, 0.2) is 5.51 Å². The molecule has 0 aromatic carbocycles. The van der Waals surface area contributed by atoms with Gasteiger partial charge in [0.2, 0.25) is 5.13 Å². The van der Waals surface area contributed by atoms with Crippen LogP contribution in [0.2, 0.25) is 0 Å². The molecular weight excluding hydrogens is 182 g/mol. The maximum absolute atomic E-state index is 3.99. The van der Waals surface area contributed by atoms with E-state index in [0.29, 0.717) is 6.04 Å². The molecule has 4 heteroatoms. The highest BCUT2D eigenvalue weighted by atomic mass is 32.1. The molecule has 0 spiro atoms. The summed E-state index contributed by atoms with van der Waals surface area (Å²) < 4.78 is 0. The molecule has 0 aliphatic heterocycles. The lowest BCUT2D eigenvalue weighted by Crippen LogP contribution is -2.18. The molecule has 1 saturated carbocycles. The minimum atomic E-state index is 0.598. The predicted octanol–water partition coefficient (Wildman–Crippen LogP) is 2.53. The molecule has 1 fully saturated rings. The molecule has 1 N–H and O–H groups in total. The average molecular weight is 197 g/mol. The number of hydrogen-bond donors (Lipinski definition) is 1. The van der Waals surface area contributed by atoms with E-state index in [9.17, 15) is 0 Å². The summed E-state index contributed by atoms with van der Waals surface area (Å²) in [6, 6.07) is 0.598. The summed E-state index contributed by atoms with van der Waals surface area (Å²) in [6.07, 6.45) is 5.33. The van der Waals surface area contributed by atoms with Crippen LogP contribution in [-0.4, -0.2) is 16.2 Å². The van der Waals surface area contributed by atoms with Gasteiger partial charge in [-0.2, -0.15) is 0 Å². The van der Waals surface area contributed by atoms with Crippen LogP contribution >= 0.6 is 11.3 Å². The van der Waals surface area contributed by atoms with E-state index in [1.807, 2.05) is 0 Å². The smallest absolute Gasteiger partial charge is 0.205 e. The summed E-state index contributed by atoms with van der Waals surface area (Å²) in [7, 11) is 0. The largest absolute Gasteiger partial charge is 0.357 e. The molecule has 1 heterocycles. The molecule has 1 aromatic heterocycles. The summed E-state index contributed by atoms with van der Waals surface area (Å²) in [5.74, 6) is 0.977. The Labute approximate surface area is 82.6 Å². The fraction of sp³-hybridized carbons (Fsp3) is 0.778. The van der Waals surface area contributed by atoms with E-state index in [1.54, 1.807) is 16.8 Å². The summed E-state index contributed by atoms with van der Waals surface area (Å²) in [5.41, 5.74) is 1.77. The Hall–Kier alpha value is -0.640. The van der Waals surface area contributed by atoms with Gasteiger partial charge in [-0.1, -0.05) is 31.1 Å². The van der Waals surface area contributed by atoms with Crippen LogP contribution < -0.4 is 5.32 Å². The van der Waals surface area contributed by atoms with Gasteiger partial charge in [0.25, 0.3) is 0 Å². The number of nitrogens with one attached hydrogen (secondary N) is 1. The molecule has 13 heavy (non-hydrogen) atoms. The SMILES string of the molecule is CCC(CC1CC1)Nc1nncs1. The van der Waals surface area contributed by atoms with Crippen molar-refractivity contribution in [3.8, 4) is 0 Å². The van der Waals surface area contributed by atoms with Crippen molar-refractivity contribution in [2.45, 2.75) is 38.6 Å². The molecule has 3 nitrogen and oxygen atoms in total. The Bertz CT molecular complexity index is 243. The highest BCUT2D eigenvalue weighted by molar-refractivity contribution is 7.13. The number of nitrogens with zero attached hydrogens (tertiary/aromatic N) is 2. The van der Waals surface area contributed by atoms with Crippen LogP contribution in [0.4, 0.5) is 5.13 Å². The zero-order chi connectivity index (χ0) is 9.10. The van der Waals surface area contributed by atoms with E-state index in [1.165, 1.54) is 25.7 Å². The van der Waals surface area contributed by atoms with Gasteiger partial charge >= 0.3 is 0 Å². The zero-order valence-corrected chi connectivity index (χ0v) is 8.68. The molecule has 0 bridgehead atoms. The van der Waals surface area contributed by atoms with Gasteiger partial charge < -0.3 is 5.32 Å². The lowest BCUT2D eigenvalue weighted by atomic mass is 10.1. The van der Waals surface area contributed by atoms with Crippen molar-refractivity contribution in [2.75, 3.05) is 5.32 Å². The van der Waals surface area contributed by atoms with Crippen molar-refractivity contribution in [2.24, 2.45) is 5.92 Å². The summed E-state index contributed by atoms with van der Waals surface area (Å²) in [5, 5.41) is 12.2. The standard InChI is InChI=1S/C9H15N3S/c1-2-8(5-7-3-4-7)11-9-12-10-6-13-9/h6-8H,2-5H2,1H3,(H,11,12). The lowest BCUT2D eigenvalue weighted by molar-refractivity contribution is 0.586. The van der Waals surface area contributed by atoms with Crippen molar-refractivity contribution in [3.63, 3.8) is 0 Å². The fourth-order valence-corrected chi connectivity index (χ4v) is 2.02. The molecule has 2 rings (SSSR count). The predicted molar refractivity (Wildman–Crippen MR) is 55.0 cm³/mol. The minimum absolute atomic E-state index is 0.598. The van der Waals surface area contributed by atoms with Crippen LogP contribution in [0.3, 0.4) is 0 Å². The first-order chi connectivity index (χ1) is 6.38.